The molecule has 0 amide bonds. The van der Waals surface area contributed by atoms with Crippen LogP contribution in [0.15, 0.2) is 17.1 Å². The maximum absolute atomic E-state index is 11.2. The van der Waals surface area contributed by atoms with Gasteiger partial charge in [0, 0.05) is 5.71 Å². The van der Waals surface area contributed by atoms with Gasteiger partial charge < -0.3 is 10.2 Å². The van der Waals surface area contributed by atoms with Gasteiger partial charge in [-0.3, -0.25) is 9.55 Å². The van der Waals surface area contributed by atoms with Crippen LogP contribution in [0.1, 0.15) is 46.0 Å². The second kappa shape index (κ2) is 7.34. The molecule has 1 aromatic carbocycles. The molecule has 0 saturated carbocycles. The molecule has 9 heteroatoms. The van der Waals surface area contributed by atoms with E-state index in [0.29, 0.717) is 11.3 Å². The van der Waals surface area contributed by atoms with Gasteiger partial charge in [-0.15, -0.1) is 0 Å². The molecular weight excluding hydrogens is 326 g/mol. The fraction of sp³-hybridized carbons (Fsp3) is 0.357. The predicted molar refractivity (Wildman–Crippen MR) is 83.5 cm³/mol. The number of hydrogen-bond donors (Lipinski definition) is 3. The Balaban J connectivity index is 3.13. The fourth-order valence-corrected chi connectivity index (χ4v) is 2.44. The first-order valence-corrected chi connectivity index (χ1v) is 8.22. The zero-order chi connectivity index (χ0) is 17.8. The third kappa shape index (κ3) is 5.80. The Labute approximate surface area is 133 Å². The van der Waals surface area contributed by atoms with Crippen LogP contribution < -0.4 is 0 Å². The highest BCUT2D eigenvalue weighted by atomic mass is 32.2. The molecule has 0 saturated heterocycles. The number of aromatic carboxylic acids is 2. The number of hydrogen-bond acceptors (Lipinski definition) is 5. The number of carboxylic acids is 2. The summed E-state index contributed by atoms with van der Waals surface area (Å²) in [4.78, 5) is 26.4. The van der Waals surface area contributed by atoms with Gasteiger partial charge in [-0.05, 0) is 44.4 Å². The molecule has 1 aromatic rings. The lowest BCUT2D eigenvalue weighted by atomic mass is 10.0. The van der Waals surface area contributed by atoms with Crippen LogP contribution in [0.2, 0.25) is 0 Å². The predicted octanol–water partition coefficient (Wildman–Crippen LogP) is 2.15. The summed E-state index contributed by atoms with van der Waals surface area (Å²) in [5.74, 6) is -2.94. The van der Waals surface area contributed by atoms with E-state index in [1.807, 2.05) is 0 Å². The Morgan fingerprint density at radius 2 is 1.78 bits per heavy atom. The second-order valence-corrected chi connectivity index (χ2v) is 6.59. The molecule has 3 N–H and O–H groups in total. The summed E-state index contributed by atoms with van der Waals surface area (Å²) in [6, 6.07) is 2.32. The molecule has 0 radical (unpaired) electrons. The van der Waals surface area contributed by atoms with Crippen LogP contribution >= 0.6 is 0 Å². The molecular formula is C14H17NO7S. The number of benzene rings is 1. The van der Waals surface area contributed by atoms with Crippen molar-refractivity contribution in [1.29, 1.82) is 0 Å². The van der Waals surface area contributed by atoms with Gasteiger partial charge in [0.1, 0.15) is 0 Å². The molecule has 126 valence electrons. The Morgan fingerprint density at radius 1 is 1.17 bits per heavy atom. The minimum atomic E-state index is -4.05. The van der Waals surface area contributed by atoms with E-state index in [0.717, 1.165) is 6.07 Å². The Bertz CT molecular complexity index is 766. The summed E-state index contributed by atoms with van der Waals surface area (Å²) < 4.78 is 30.0. The number of nitrogens with zero attached hydrogens (tertiary/aromatic N) is 1. The second-order valence-electron chi connectivity index (χ2n) is 5.01. The number of carbonyl (C=O) groups is 2. The van der Waals surface area contributed by atoms with Gasteiger partial charge in [-0.2, -0.15) is 8.42 Å². The van der Waals surface area contributed by atoms with Gasteiger partial charge in [0.2, 0.25) is 0 Å². The van der Waals surface area contributed by atoms with Gasteiger partial charge in [0.05, 0.1) is 22.6 Å². The zero-order valence-corrected chi connectivity index (χ0v) is 13.4. The highest BCUT2D eigenvalue weighted by Gasteiger charge is 2.16. The van der Waals surface area contributed by atoms with Gasteiger partial charge >= 0.3 is 11.9 Å². The highest BCUT2D eigenvalue weighted by molar-refractivity contribution is 7.85. The van der Waals surface area contributed by atoms with E-state index >= 15 is 0 Å². The Hall–Kier alpha value is -2.26. The quantitative estimate of drug-likeness (QED) is 0.508. The molecule has 0 atom stereocenters. The van der Waals surface area contributed by atoms with Crippen molar-refractivity contribution in [3.63, 3.8) is 0 Å². The minimum absolute atomic E-state index is 0.150. The zero-order valence-electron chi connectivity index (χ0n) is 12.6. The normalized spacial score (nSPS) is 12.2. The molecule has 0 bridgehead atoms. The molecule has 0 unspecified atom stereocenters. The van der Waals surface area contributed by atoms with Crippen LogP contribution in [0.5, 0.6) is 0 Å². The third-order valence-electron chi connectivity index (χ3n) is 3.11. The van der Waals surface area contributed by atoms with E-state index in [9.17, 15) is 18.0 Å². The lowest BCUT2D eigenvalue weighted by Gasteiger charge is -2.08. The smallest absolute Gasteiger partial charge is 0.336 e. The number of aliphatic imine (C=N–C) groups is 1. The van der Waals surface area contributed by atoms with Gasteiger partial charge in [0.25, 0.3) is 10.1 Å². The van der Waals surface area contributed by atoms with Gasteiger partial charge in [-0.25, -0.2) is 9.59 Å². The van der Waals surface area contributed by atoms with E-state index < -0.39 is 27.8 Å². The first kappa shape index (κ1) is 18.8. The average molecular weight is 343 g/mol. The molecule has 0 spiro atoms. The van der Waals surface area contributed by atoms with E-state index in [1.54, 1.807) is 6.92 Å². The van der Waals surface area contributed by atoms with Gasteiger partial charge in [0.15, 0.2) is 0 Å². The average Bonchev–Trinajstić information content (AvgIpc) is 2.38. The lowest BCUT2D eigenvalue weighted by molar-refractivity contribution is 0.0695. The first-order chi connectivity index (χ1) is 10.5. The van der Waals surface area contributed by atoms with Crippen molar-refractivity contribution in [2.45, 2.75) is 26.7 Å². The van der Waals surface area contributed by atoms with Crippen molar-refractivity contribution in [3.8, 4) is 0 Å². The largest absolute Gasteiger partial charge is 0.478 e. The van der Waals surface area contributed by atoms with E-state index in [4.69, 9.17) is 14.8 Å². The van der Waals surface area contributed by atoms with Crippen molar-refractivity contribution in [2.75, 3.05) is 5.75 Å². The van der Waals surface area contributed by atoms with Crippen LogP contribution in [0, 0.1) is 6.92 Å². The van der Waals surface area contributed by atoms with Crippen LogP contribution in [0.25, 0.3) is 0 Å². The van der Waals surface area contributed by atoms with Crippen molar-refractivity contribution in [3.05, 3.63) is 28.8 Å². The minimum Gasteiger partial charge on any atom is -0.478 e. The van der Waals surface area contributed by atoms with Crippen molar-refractivity contribution >= 4 is 33.5 Å². The summed E-state index contributed by atoms with van der Waals surface area (Å²) in [6.45, 7) is 3.12. The monoisotopic (exact) mass is 343 g/mol. The molecule has 8 nitrogen and oxygen atoms in total. The van der Waals surface area contributed by atoms with E-state index in [1.165, 1.54) is 13.0 Å². The summed E-state index contributed by atoms with van der Waals surface area (Å²) in [6.07, 6.45) is 0.413. The van der Waals surface area contributed by atoms with Crippen LogP contribution in [0.3, 0.4) is 0 Å². The fourth-order valence-electron chi connectivity index (χ4n) is 1.93. The molecule has 1 rings (SSSR count). The van der Waals surface area contributed by atoms with Crippen LogP contribution in [0.4, 0.5) is 5.69 Å². The first-order valence-electron chi connectivity index (χ1n) is 6.62. The molecule has 0 heterocycles. The van der Waals surface area contributed by atoms with Crippen LogP contribution in [-0.4, -0.2) is 46.6 Å². The topological polar surface area (TPSA) is 141 Å². The maximum Gasteiger partial charge on any atom is 0.336 e. The molecule has 0 aliphatic heterocycles. The van der Waals surface area contributed by atoms with Crippen molar-refractivity contribution in [1.82, 2.24) is 0 Å². The molecule has 0 fully saturated rings. The molecule has 0 aromatic heterocycles. The third-order valence-corrected chi connectivity index (χ3v) is 3.91. The Kier molecular flexibility index (Phi) is 5.99. The van der Waals surface area contributed by atoms with E-state index in [2.05, 4.69) is 4.99 Å². The van der Waals surface area contributed by atoms with E-state index in [-0.39, 0.29) is 29.7 Å². The SMILES string of the molecule is C/C(CCCS(=O)(=O)O)=N/c1cc(C(=O)O)cc(C(=O)O)c1C. The Morgan fingerprint density at radius 3 is 2.26 bits per heavy atom. The molecule has 0 aliphatic rings. The molecule has 23 heavy (non-hydrogen) atoms. The maximum atomic E-state index is 11.2. The summed E-state index contributed by atoms with van der Waals surface area (Å²) in [7, 11) is -4.05. The number of carboxylic acid groups (broad SMARTS) is 2. The highest BCUT2D eigenvalue weighted by Crippen LogP contribution is 2.25. The van der Waals surface area contributed by atoms with Crippen molar-refractivity contribution < 1.29 is 32.8 Å². The lowest BCUT2D eigenvalue weighted by Crippen LogP contribution is -2.06. The van der Waals surface area contributed by atoms with Gasteiger partial charge in [-0.1, -0.05) is 0 Å². The summed E-state index contributed by atoms with van der Waals surface area (Å²) >= 11 is 0. The summed E-state index contributed by atoms with van der Waals surface area (Å²) in [5, 5.41) is 18.2. The number of rotatable bonds is 7. The van der Waals surface area contributed by atoms with Crippen molar-refractivity contribution in [2.24, 2.45) is 4.99 Å². The standard InChI is InChI=1S/C14H17NO7S/c1-8(4-3-5-23(20,21)22)15-12-7-10(13(16)17)6-11(9(12)2)14(18)19/h6-7H,3-5H2,1-2H3,(H,16,17)(H,18,19)(H,20,21,22)/b15-8-. The summed E-state index contributed by atoms with van der Waals surface area (Å²) in [5.41, 5.74) is 0.658. The van der Waals surface area contributed by atoms with Crippen LogP contribution in [-0.2, 0) is 10.1 Å². The molecule has 0 aliphatic carbocycles.